The molecule has 1 unspecified atom stereocenters. The number of hydrogen-bond donors (Lipinski definition) is 0. The SMILES string of the molecule is CC(C)OCCC1(CBr)CCOC1. The standard InChI is InChI=1S/C10H19BrO2/c1-9(2)13-6-4-10(7-11)3-5-12-8-10/h9H,3-8H2,1-2H3. The van der Waals surface area contributed by atoms with E-state index in [0.29, 0.717) is 11.5 Å². The van der Waals surface area contributed by atoms with Gasteiger partial charge in [0.05, 0.1) is 12.7 Å². The van der Waals surface area contributed by atoms with Gasteiger partial charge in [-0.1, -0.05) is 15.9 Å². The van der Waals surface area contributed by atoms with Crippen molar-refractivity contribution in [1.29, 1.82) is 0 Å². The molecule has 1 aliphatic rings. The minimum absolute atomic E-state index is 0.342. The van der Waals surface area contributed by atoms with Gasteiger partial charge in [-0.25, -0.2) is 0 Å². The van der Waals surface area contributed by atoms with Crippen molar-refractivity contribution in [1.82, 2.24) is 0 Å². The second-order valence-corrected chi connectivity index (χ2v) is 4.67. The summed E-state index contributed by atoms with van der Waals surface area (Å²) >= 11 is 3.57. The zero-order valence-electron chi connectivity index (χ0n) is 8.51. The van der Waals surface area contributed by atoms with E-state index < -0.39 is 0 Å². The molecule has 1 aliphatic heterocycles. The first kappa shape index (κ1) is 11.5. The fourth-order valence-electron chi connectivity index (χ4n) is 1.53. The molecule has 0 bridgehead atoms. The van der Waals surface area contributed by atoms with Crippen molar-refractivity contribution < 1.29 is 9.47 Å². The normalized spacial score (nSPS) is 28.6. The minimum atomic E-state index is 0.342. The van der Waals surface area contributed by atoms with E-state index in [1.165, 1.54) is 6.42 Å². The summed E-state index contributed by atoms with van der Waals surface area (Å²) in [5.74, 6) is 0. The first-order valence-corrected chi connectivity index (χ1v) is 6.06. The molecule has 13 heavy (non-hydrogen) atoms. The molecule has 78 valence electrons. The Hall–Kier alpha value is 0.400. The van der Waals surface area contributed by atoms with Crippen LogP contribution in [-0.4, -0.2) is 31.3 Å². The summed E-state index contributed by atoms with van der Waals surface area (Å²) < 4.78 is 11.0. The zero-order valence-corrected chi connectivity index (χ0v) is 10.1. The fourth-order valence-corrected chi connectivity index (χ4v) is 2.25. The van der Waals surface area contributed by atoms with Gasteiger partial charge in [-0.3, -0.25) is 0 Å². The van der Waals surface area contributed by atoms with Crippen LogP contribution in [0.3, 0.4) is 0 Å². The van der Waals surface area contributed by atoms with E-state index in [9.17, 15) is 0 Å². The molecule has 1 saturated heterocycles. The van der Waals surface area contributed by atoms with Crippen LogP contribution >= 0.6 is 15.9 Å². The summed E-state index contributed by atoms with van der Waals surface area (Å²) in [6.45, 7) is 6.80. The predicted molar refractivity (Wildman–Crippen MR) is 57.4 cm³/mol. The van der Waals surface area contributed by atoms with Crippen molar-refractivity contribution in [3.63, 3.8) is 0 Å². The molecule has 0 N–H and O–H groups in total. The molecule has 1 atom stereocenters. The molecular formula is C10H19BrO2. The lowest BCUT2D eigenvalue weighted by molar-refractivity contribution is 0.0514. The largest absolute Gasteiger partial charge is 0.381 e. The Bertz CT molecular complexity index is 142. The summed E-state index contributed by atoms with van der Waals surface area (Å²) in [5.41, 5.74) is 0.342. The van der Waals surface area contributed by atoms with E-state index >= 15 is 0 Å². The molecule has 0 radical (unpaired) electrons. The van der Waals surface area contributed by atoms with Crippen molar-refractivity contribution in [2.75, 3.05) is 25.2 Å². The highest BCUT2D eigenvalue weighted by atomic mass is 79.9. The highest BCUT2D eigenvalue weighted by molar-refractivity contribution is 9.09. The first-order chi connectivity index (χ1) is 6.18. The van der Waals surface area contributed by atoms with Crippen LogP contribution in [0.25, 0.3) is 0 Å². The third-order valence-corrected chi connectivity index (χ3v) is 3.74. The molecule has 3 heteroatoms. The van der Waals surface area contributed by atoms with Crippen LogP contribution < -0.4 is 0 Å². The number of rotatable bonds is 5. The van der Waals surface area contributed by atoms with E-state index in [-0.39, 0.29) is 0 Å². The molecular weight excluding hydrogens is 232 g/mol. The summed E-state index contributed by atoms with van der Waals surface area (Å²) in [7, 11) is 0. The maximum Gasteiger partial charge on any atom is 0.0532 e. The van der Waals surface area contributed by atoms with Gasteiger partial charge in [-0.05, 0) is 26.7 Å². The van der Waals surface area contributed by atoms with Gasteiger partial charge in [-0.15, -0.1) is 0 Å². The van der Waals surface area contributed by atoms with Crippen molar-refractivity contribution in [2.45, 2.75) is 32.8 Å². The zero-order chi connectivity index (χ0) is 9.73. The van der Waals surface area contributed by atoms with Gasteiger partial charge in [0.25, 0.3) is 0 Å². The number of halogens is 1. The number of ether oxygens (including phenoxy) is 2. The van der Waals surface area contributed by atoms with Crippen LogP contribution in [0, 0.1) is 5.41 Å². The number of hydrogen-bond acceptors (Lipinski definition) is 2. The van der Waals surface area contributed by atoms with Crippen molar-refractivity contribution in [3.8, 4) is 0 Å². The molecule has 1 fully saturated rings. The van der Waals surface area contributed by atoms with Crippen LogP contribution in [0.1, 0.15) is 26.7 Å². The average Bonchev–Trinajstić information content (AvgIpc) is 2.53. The Morgan fingerprint density at radius 1 is 1.54 bits per heavy atom. The summed E-state index contributed by atoms with van der Waals surface area (Å²) in [6.07, 6.45) is 2.62. The van der Waals surface area contributed by atoms with Crippen molar-refractivity contribution in [3.05, 3.63) is 0 Å². The van der Waals surface area contributed by atoms with Gasteiger partial charge >= 0.3 is 0 Å². The summed E-state index contributed by atoms with van der Waals surface area (Å²) in [4.78, 5) is 0. The highest BCUT2D eigenvalue weighted by Gasteiger charge is 2.33. The Labute approximate surface area is 89.1 Å². The third-order valence-electron chi connectivity index (χ3n) is 2.55. The topological polar surface area (TPSA) is 18.5 Å². The van der Waals surface area contributed by atoms with Crippen molar-refractivity contribution in [2.24, 2.45) is 5.41 Å². The van der Waals surface area contributed by atoms with Crippen LogP contribution in [0.2, 0.25) is 0 Å². The van der Waals surface area contributed by atoms with E-state index in [0.717, 1.165) is 31.6 Å². The van der Waals surface area contributed by atoms with Gasteiger partial charge in [0, 0.05) is 24.0 Å². The monoisotopic (exact) mass is 250 g/mol. The summed E-state index contributed by atoms with van der Waals surface area (Å²) in [6, 6.07) is 0. The van der Waals surface area contributed by atoms with E-state index in [1.54, 1.807) is 0 Å². The fraction of sp³-hybridized carbons (Fsp3) is 1.00. The van der Waals surface area contributed by atoms with E-state index in [4.69, 9.17) is 9.47 Å². The van der Waals surface area contributed by atoms with Gasteiger partial charge in [-0.2, -0.15) is 0 Å². The Morgan fingerprint density at radius 2 is 2.31 bits per heavy atom. The van der Waals surface area contributed by atoms with Gasteiger partial charge in [0.15, 0.2) is 0 Å². The summed E-state index contributed by atoms with van der Waals surface area (Å²) in [5, 5.41) is 1.03. The maximum atomic E-state index is 5.55. The lowest BCUT2D eigenvalue weighted by Crippen LogP contribution is -2.25. The van der Waals surface area contributed by atoms with Crippen LogP contribution in [0.15, 0.2) is 0 Å². The molecule has 0 aliphatic carbocycles. The lowest BCUT2D eigenvalue weighted by atomic mass is 9.87. The second-order valence-electron chi connectivity index (χ2n) is 4.11. The van der Waals surface area contributed by atoms with Crippen molar-refractivity contribution >= 4 is 15.9 Å². The van der Waals surface area contributed by atoms with Gasteiger partial charge in [0.1, 0.15) is 0 Å². The highest BCUT2D eigenvalue weighted by Crippen LogP contribution is 2.34. The van der Waals surface area contributed by atoms with E-state index in [1.807, 2.05) is 0 Å². The van der Waals surface area contributed by atoms with Crippen LogP contribution in [0.4, 0.5) is 0 Å². The molecule has 1 rings (SSSR count). The molecule has 2 nitrogen and oxygen atoms in total. The Morgan fingerprint density at radius 3 is 2.77 bits per heavy atom. The minimum Gasteiger partial charge on any atom is -0.381 e. The molecule has 0 amide bonds. The van der Waals surface area contributed by atoms with Crippen LogP contribution in [-0.2, 0) is 9.47 Å². The van der Waals surface area contributed by atoms with Gasteiger partial charge in [0.2, 0.25) is 0 Å². The lowest BCUT2D eigenvalue weighted by Gasteiger charge is -2.24. The Kier molecular flexibility index (Phi) is 4.70. The number of alkyl halides is 1. The molecule has 0 aromatic heterocycles. The Balaban J connectivity index is 2.23. The molecule has 0 aromatic rings. The van der Waals surface area contributed by atoms with E-state index in [2.05, 4.69) is 29.8 Å². The molecule has 1 heterocycles. The average molecular weight is 251 g/mol. The molecule has 0 saturated carbocycles. The van der Waals surface area contributed by atoms with Crippen LogP contribution in [0.5, 0.6) is 0 Å². The third kappa shape index (κ3) is 3.56. The van der Waals surface area contributed by atoms with Gasteiger partial charge < -0.3 is 9.47 Å². The second kappa shape index (κ2) is 5.32. The quantitative estimate of drug-likeness (QED) is 0.699. The first-order valence-electron chi connectivity index (χ1n) is 4.94. The smallest absolute Gasteiger partial charge is 0.0532 e. The predicted octanol–water partition coefficient (Wildman–Crippen LogP) is 2.60. The molecule has 0 aromatic carbocycles. The molecule has 0 spiro atoms. The maximum absolute atomic E-state index is 5.55.